The van der Waals surface area contributed by atoms with Crippen molar-refractivity contribution in [1.82, 2.24) is 4.98 Å². The number of carboxylic acids is 1. The maximum atomic E-state index is 10.7. The van der Waals surface area contributed by atoms with E-state index in [9.17, 15) is 4.79 Å². The summed E-state index contributed by atoms with van der Waals surface area (Å²) in [6.07, 6.45) is 2.28. The first-order valence-corrected chi connectivity index (χ1v) is 6.52. The molecule has 0 aromatic carbocycles. The smallest absolute Gasteiger partial charge is 0.355 e. The minimum Gasteiger partial charge on any atom is -0.476 e. The molecular formula is C11H16N2O3S. The molecule has 1 N–H and O–H groups in total. The minimum atomic E-state index is -0.970. The molecule has 0 spiro atoms. The molecule has 0 aliphatic carbocycles. The Hall–Kier alpha value is -1.14. The largest absolute Gasteiger partial charge is 0.476 e. The van der Waals surface area contributed by atoms with Crippen LogP contribution < -0.4 is 4.90 Å². The average Bonchev–Trinajstić information content (AvgIpc) is 2.79. The van der Waals surface area contributed by atoms with Crippen LogP contribution in [0.5, 0.6) is 0 Å². The fourth-order valence-corrected chi connectivity index (χ4v) is 2.73. The van der Waals surface area contributed by atoms with Gasteiger partial charge in [-0.05, 0) is 18.8 Å². The number of anilines is 1. The normalized spacial score (nSPS) is 20.2. The molecule has 0 bridgehead atoms. The van der Waals surface area contributed by atoms with Gasteiger partial charge in [-0.1, -0.05) is 0 Å². The molecule has 2 heterocycles. The van der Waals surface area contributed by atoms with E-state index in [1.165, 1.54) is 17.8 Å². The highest BCUT2D eigenvalue weighted by molar-refractivity contribution is 7.13. The Morgan fingerprint density at radius 2 is 2.59 bits per heavy atom. The lowest BCUT2D eigenvalue weighted by Gasteiger charge is -2.26. The van der Waals surface area contributed by atoms with Crippen LogP contribution in [0.25, 0.3) is 0 Å². The fourth-order valence-electron chi connectivity index (χ4n) is 1.95. The second-order valence-electron chi connectivity index (χ2n) is 4.28. The van der Waals surface area contributed by atoms with Gasteiger partial charge in [-0.25, -0.2) is 9.78 Å². The first kappa shape index (κ1) is 12.3. The van der Waals surface area contributed by atoms with Gasteiger partial charge < -0.3 is 14.7 Å². The summed E-state index contributed by atoms with van der Waals surface area (Å²) in [4.78, 5) is 16.8. The second kappa shape index (κ2) is 5.46. The maximum absolute atomic E-state index is 10.7. The Morgan fingerprint density at radius 1 is 1.76 bits per heavy atom. The summed E-state index contributed by atoms with van der Waals surface area (Å²) >= 11 is 1.37. The molecule has 1 unspecified atom stereocenters. The van der Waals surface area contributed by atoms with E-state index in [1.54, 1.807) is 5.38 Å². The number of rotatable bonds is 4. The van der Waals surface area contributed by atoms with Gasteiger partial charge in [0.1, 0.15) is 0 Å². The summed E-state index contributed by atoms with van der Waals surface area (Å²) in [5, 5.41) is 11.1. The second-order valence-corrected chi connectivity index (χ2v) is 5.12. The van der Waals surface area contributed by atoms with Gasteiger partial charge in [0.25, 0.3) is 0 Å². The molecule has 1 aromatic heterocycles. The van der Waals surface area contributed by atoms with Gasteiger partial charge in [0.15, 0.2) is 10.8 Å². The summed E-state index contributed by atoms with van der Waals surface area (Å²) in [5.41, 5.74) is 0.122. The number of nitrogens with zero attached hydrogens (tertiary/aromatic N) is 2. The highest BCUT2D eigenvalue weighted by Gasteiger charge is 2.18. The van der Waals surface area contributed by atoms with E-state index in [-0.39, 0.29) is 5.69 Å². The van der Waals surface area contributed by atoms with E-state index in [1.807, 2.05) is 11.9 Å². The van der Waals surface area contributed by atoms with Gasteiger partial charge in [-0.3, -0.25) is 0 Å². The van der Waals surface area contributed by atoms with Crippen molar-refractivity contribution < 1.29 is 14.6 Å². The molecular weight excluding hydrogens is 240 g/mol. The van der Waals surface area contributed by atoms with E-state index in [0.717, 1.165) is 31.3 Å². The van der Waals surface area contributed by atoms with Crippen LogP contribution in [-0.4, -0.2) is 42.9 Å². The van der Waals surface area contributed by atoms with Gasteiger partial charge in [0.05, 0.1) is 6.61 Å². The van der Waals surface area contributed by atoms with Crippen LogP contribution in [0.2, 0.25) is 0 Å². The Morgan fingerprint density at radius 3 is 3.18 bits per heavy atom. The molecule has 0 amide bonds. The van der Waals surface area contributed by atoms with Gasteiger partial charge in [-0.15, -0.1) is 11.3 Å². The molecule has 5 nitrogen and oxygen atoms in total. The van der Waals surface area contributed by atoms with Crippen molar-refractivity contribution >= 4 is 22.4 Å². The van der Waals surface area contributed by atoms with E-state index >= 15 is 0 Å². The molecule has 6 heteroatoms. The molecule has 17 heavy (non-hydrogen) atoms. The Kier molecular flexibility index (Phi) is 3.96. The first-order valence-electron chi connectivity index (χ1n) is 5.64. The van der Waals surface area contributed by atoms with Crippen molar-refractivity contribution in [2.75, 3.05) is 31.7 Å². The Balaban J connectivity index is 1.93. The SMILES string of the molecule is CN(CC1CCCOC1)c1nc(C(=O)O)cs1. The van der Waals surface area contributed by atoms with E-state index in [4.69, 9.17) is 9.84 Å². The van der Waals surface area contributed by atoms with Crippen molar-refractivity contribution in [3.8, 4) is 0 Å². The Labute approximate surface area is 104 Å². The van der Waals surface area contributed by atoms with Crippen LogP contribution in [0.15, 0.2) is 5.38 Å². The number of thiazole rings is 1. The summed E-state index contributed by atoms with van der Waals surface area (Å²) in [7, 11) is 1.94. The van der Waals surface area contributed by atoms with Crippen molar-refractivity contribution in [2.45, 2.75) is 12.8 Å². The Bertz CT molecular complexity index is 388. The van der Waals surface area contributed by atoms with Crippen molar-refractivity contribution in [3.05, 3.63) is 11.1 Å². The van der Waals surface area contributed by atoms with Crippen LogP contribution in [-0.2, 0) is 4.74 Å². The minimum absolute atomic E-state index is 0.122. The first-order chi connectivity index (χ1) is 8.16. The predicted molar refractivity (Wildman–Crippen MR) is 65.9 cm³/mol. The average molecular weight is 256 g/mol. The van der Waals surface area contributed by atoms with Crippen LogP contribution in [0, 0.1) is 5.92 Å². The number of hydrogen-bond donors (Lipinski definition) is 1. The zero-order chi connectivity index (χ0) is 12.3. The topological polar surface area (TPSA) is 62.7 Å². The van der Waals surface area contributed by atoms with Crippen LogP contribution >= 0.6 is 11.3 Å². The fraction of sp³-hybridized carbons (Fsp3) is 0.636. The third-order valence-electron chi connectivity index (χ3n) is 2.82. The summed E-state index contributed by atoms with van der Waals surface area (Å²) in [6, 6.07) is 0. The van der Waals surface area contributed by atoms with Gasteiger partial charge in [0, 0.05) is 25.6 Å². The standard InChI is InChI=1S/C11H16N2O3S/c1-13(5-8-3-2-4-16-6-8)11-12-9(7-17-11)10(14)15/h7-8H,2-6H2,1H3,(H,14,15). The predicted octanol–water partition coefficient (Wildman–Crippen LogP) is 1.70. The third-order valence-corrected chi connectivity index (χ3v) is 3.78. The monoisotopic (exact) mass is 256 g/mol. The lowest BCUT2D eigenvalue weighted by molar-refractivity contribution is 0.0576. The summed E-state index contributed by atoms with van der Waals surface area (Å²) in [6.45, 7) is 2.52. The number of aromatic carboxylic acids is 1. The van der Waals surface area contributed by atoms with E-state index < -0.39 is 5.97 Å². The van der Waals surface area contributed by atoms with Crippen molar-refractivity contribution in [3.63, 3.8) is 0 Å². The molecule has 1 aliphatic heterocycles. The van der Waals surface area contributed by atoms with Gasteiger partial charge >= 0.3 is 5.97 Å². The highest BCUT2D eigenvalue weighted by atomic mass is 32.1. The molecule has 0 radical (unpaired) electrons. The van der Waals surface area contributed by atoms with Crippen LogP contribution in [0.1, 0.15) is 23.3 Å². The van der Waals surface area contributed by atoms with E-state index in [2.05, 4.69) is 4.98 Å². The summed E-state index contributed by atoms with van der Waals surface area (Å²) in [5.74, 6) is -0.451. The van der Waals surface area contributed by atoms with Crippen molar-refractivity contribution in [2.24, 2.45) is 5.92 Å². The molecule has 94 valence electrons. The molecule has 1 aromatic rings. The lowest BCUT2D eigenvalue weighted by Crippen LogP contribution is -2.30. The molecule has 1 aliphatic rings. The lowest BCUT2D eigenvalue weighted by atomic mass is 10.0. The number of carboxylic acid groups (broad SMARTS) is 1. The summed E-state index contributed by atoms with van der Waals surface area (Å²) < 4.78 is 5.42. The quantitative estimate of drug-likeness (QED) is 0.888. The number of aromatic nitrogens is 1. The molecule has 1 atom stereocenters. The maximum Gasteiger partial charge on any atom is 0.355 e. The number of hydrogen-bond acceptors (Lipinski definition) is 5. The van der Waals surface area contributed by atoms with Gasteiger partial charge in [0.2, 0.25) is 0 Å². The zero-order valence-electron chi connectivity index (χ0n) is 9.76. The zero-order valence-corrected chi connectivity index (χ0v) is 10.6. The van der Waals surface area contributed by atoms with Crippen LogP contribution in [0.3, 0.4) is 0 Å². The molecule has 2 rings (SSSR count). The van der Waals surface area contributed by atoms with Gasteiger partial charge in [-0.2, -0.15) is 0 Å². The van der Waals surface area contributed by atoms with Crippen LogP contribution in [0.4, 0.5) is 5.13 Å². The number of ether oxygens (including phenoxy) is 1. The highest BCUT2D eigenvalue weighted by Crippen LogP contribution is 2.22. The number of carbonyl (C=O) groups is 1. The molecule has 1 saturated heterocycles. The van der Waals surface area contributed by atoms with E-state index in [0.29, 0.717) is 5.92 Å². The molecule has 1 fully saturated rings. The molecule has 0 saturated carbocycles. The third kappa shape index (κ3) is 3.17. The van der Waals surface area contributed by atoms with Crippen molar-refractivity contribution in [1.29, 1.82) is 0 Å².